The fourth-order valence-corrected chi connectivity index (χ4v) is 4.86. The average molecular weight is 466 g/mol. The molecule has 0 aromatic heterocycles. The largest absolute Gasteiger partial charge is 0.490 e. The van der Waals surface area contributed by atoms with Crippen LogP contribution in [0.5, 0.6) is 5.75 Å². The van der Waals surface area contributed by atoms with Crippen LogP contribution >= 0.6 is 0 Å². The number of nitrogens with zero attached hydrogens (tertiary/aromatic N) is 1. The molecule has 0 aliphatic heterocycles. The summed E-state index contributed by atoms with van der Waals surface area (Å²) < 4.78 is 21.4. The molecule has 0 spiro atoms. The lowest BCUT2D eigenvalue weighted by Gasteiger charge is -2.25. The van der Waals surface area contributed by atoms with E-state index in [-0.39, 0.29) is 23.7 Å². The van der Waals surface area contributed by atoms with Crippen molar-refractivity contribution in [3.05, 3.63) is 58.2 Å². The van der Waals surface area contributed by atoms with Crippen molar-refractivity contribution in [2.45, 2.75) is 95.1 Å². The summed E-state index contributed by atoms with van der Waals surface area (Å²) in [5.41, 5.74) is 4.25. The second kappa shape index (κ2) is 8.47. The minimum atomic E-state index is -0.957. The molecule has 0 atom stereocenters. The second-order valence-corrected chi connectivity index (χ2v) is 11.1. The predicted molar refractivity (Wildman–Crippen MR) is 129 cm³/mol. The van der Waals surface area contributed by atoms with E-state index in [4.69, 9.17) is 4.74 Å². The van der Waals surface area contributed by atoms with E-state index in [2.05, 4.69) is 5.43 Å². The molecule has 180 valence electrons. The standard InChI is InChI=1S/C28H33FN2O3/c1-27(2,26(32)30-31(33)28(3)15-16-28)19-13-14-24(34-20-7-4-5-8-20)22(17-19)21-9-6-10-23(29)25(21)18-11-12-18/h6,9-10,13-14,17-18,20H,4-5,7-8,11-12,15-16H2,1-3H3/p+1. The number of hydrazine groups is 1. The number of hydrogen-bond donors (Lipinski definition) is 1. The fraction of sp³-hybridized carbons (Fsp3) is 0.536. The van der Waals surface area contributed by atoms with Crippen LogP contribution in [-0.2, 0) is 10.2 Å². The van der Waals surface area contributed by atoms with Crippen LogP contribution in [0, 0.1) is 10.7 Å². The highest BCUT2D eigenvalue weighted by atomic mass is 19.1. The number of rotatable bonds is 8. The number of benzene rings is 2. The Labute approximate surface area is 200 Å². The highest BCUT2D eigenvalue weighted by molar-refractivity contribution is 5.87. The number of carbonyl (C=O) groups excluding carboxylic acids is 1. The number of ether oxygens (including phenoxy) is 1. The van der Waals surface area contributed by atoms with Gasteiger partial charge in [0.2, 0.25) is 5.54 Å². The lowest BCUT2D eigenvalue weighted by atomic mass is 9.81. The van der Waals surface area contributed by atoms with E-state index in [1.165, 1.54) is 6.07 Å². The van der Waals surface area contributed by atoms with Gasteiger partial charge < -0.3 is 4.74 Å². The van der Waals surface area contributed by atoms with Gasteiger partial charge in [-0.15, -0.1) is 0 Å². The smallest absolute Gasteiger partial charge is 0.288 e. The summed E-state index contributed by atoms with van der Waals surface area (Å²) in [4.78, 5) is 26.3. The van der Waals surface area contributed by atoms with Crippen LogP contribution in [0.15, 0.2) is 36.4 Å². The normalized spacial score (nSPS) is 19.6. The van der Waals surface area contributed by atoms with Crippen molar-refractivity contribution in [1.29, 1.82) is 0 Å². The molecule has 6 heteroatoms. The van der Waals surface area contributed by atoms with Gasteiger partial charge in [-0.25, -0.2) is 4.39 Å². The van der Waals surface area contributed by atoms with Gasteiger partial charge in [0.25, 0.3) is 5.91 Å². The van der Waals surface area contributed by atoms with Gasteiger partial charge in [0.05, 0.1) is 16.4 Å². The van der Waals surface area contributed by atoms with Crippen LogP contribution in [-0.4, -0.2) is 22.4 Å². The van der Waals surface area contributed by atoms with E-state index in [9.17, 15) is 14.1 Å². The molecule has 3 saturated carbocycles. The number of hydrogen-bond acceptors (Lipinski definition) is 3. The van der Waals surface area contributed by atoms with Crippen LogP contribution in [0.1, 0.15) is 89.2 Å². The summed E-state index contributed by atoms with van der Waals surface area (Å²) >= 11 is 0. The molecule has 0 radical (unpaired) electrons. The van der Waals surface area contributed by atoms with Crippen molar-refractivity contribution in [1.82, 2.24) is 5.43 Å². The first kappa shape index (κ1) is 23.0. The minimum absolute atomic E-state index is 0.159. The molecule has 1 N–H and O–H groups in total. The van der Waals surface area contributed by atoms with E-state index in [0.29, 0.717) is 4.87 Å². The number of carbonyl (C=O) groups is 1. The third-order valence-corrected chi connectivity index (χ3v) is 7.86. The summed E-state index contributed by atoms with van der Waals surface area (Å²) in [7, 11) is 0. The minimum Gasteiger partial charge on any atom is -0.490 e. The van der Waals surface area contributed by atoms with E-state index >= 15 is 0 Å². The van der Waals surface area contributed by atoms with Crippen molar-refractivity contribution in [2.24, 2.45) is 0 Å². The van der Waals surface area contributed by atoms with E-state index in [1.807, 2.05) is 45.0 Å². The van der Waals surface area contributed by atoms with Gasteiger partial charge >= 0.3 is 0 Å². The van der Waals surface area contributed by atoms with Gasteiger partial charge in [0.15, 0.2) is 0 Å². The Morgan fingerprint density at radius 1 is 1.09 bits per heavy atom. The molecule has 3 fully saturated rings. The Hall–Kier alpha value is -2.76. The van der Waals surface area contributed by atoms with Crippen LogP contribution in [0.2, 0.25) is 0 Å². The predicted octanol–water partition coefficient (Wildman–Crippen LogP) is 6.33. The van der Waals surface area contributed by atoms with E-state index < -0.39 is 11.0 Å². The summed E-state index contributed by atoms with van der Waals surface area (Å²) in [5.74, 6) is 0.417. The van der Waals surface area contributed by atoms with Crippen LogP contribution in [0.4, 0.5) is 4.39 Å². The Morgan fingerprint density at radius 2 is 1.79 bits per heavy atom. The maximum absolute atomic E-state index is 14.9. The first-order valence-corrected chi connectivity index (χ1v) is 12.6. The maximum atomic E-state index is 14.9. The average Bonchev–Trinajstić information content (AvgIpc) is 3.73. The van der Waals surface area contributed by atoms with Crippen molar-refractivity contribution in [3.8, 4) is 16.9 Å². The molecule has 5 rings (SSSR count). The highest BCUT2D eigenvalue weighted by Gasteiger charge is 2.55. The van der Waals surface area contributed by atoms with Gasteiger partial charge in [-0.3, -0.25) is 4.79 Å². The second-order valence-electron chi connectivity index (χ2n) is 11.1. The molecule has 2 aromatic rings. The summed E-state index contributed by atoms with van der Waals surface area (Å²) in [6.45, 7) is 5.48. The van der Waals surface area contributed by atoms with Crippen LogP contribution in [0.25, 0.3) is 11.1 Å². The topological polar surface area (TPSA) is 58.4 Å². The van der Waals surface area contributed by atoms with Gasteiger partial charge in [-0.1, -0.05) is 23.6 Å². The Balaban J connectivity index is 1.53. The van der Waals surface area contributed by atoms with Gasteiger partial charge in [-0.2, -0.15) is 0 Å². The number of amides is 1. The highest BCUT2D eigenvalue weighted by Crippen LogP contribution is 2.48. The number of nitroso groups, excluding NO2 is 1. The van der Waals surface area contributed by atoms with Crippen LogP contribution in [0.3, 0.4) is 0 Å². The van der Waals surface area contributed by atoms with Gasteiger partial charge in [0.1, 0.15) is 16.4 Å². The summed E-state index contributed by atoms with van der Waals surface area (Å²) in [5, 5.41) is 0. The number of nitrogens with one attached hydrogen (secondary N) is 1. The fourth-order valence-electron chi connectivity index (χ4n) is 4.86. The van der Waals surface area contributed by atoms with Crippen molar-refractivity contribution >= 4 is 5.91 Å². The molecule has 1 amide bonds. The van der Waals surface area contributed by atoms with Crippen molar-refractivity contribution in [3.63, 3.8) is 0 Å². The van der Waals surface area contributed by atoms with Crippen molar-refractivity contribution < 1.29 is 18.8 Å². The monoisotopic (exact) mass is 465 g/mol. The number of halogens is 1. The zero-order valence-corrected chi connectivity index (χ0v) is 20.3. The quantitative estimate of drug-likeness (QED) is 0.366. The summed E-state index contributed by atoms with van der Waals surface area (Å²) in [6.07, 6.45) is 8.03. The Kier molecular flexibility index (Phi) is 5.73. The Bertz CT molecular complexity index is 1130. The molecule has 0 heterocycles. The van der Waals surface area contributed by atoms with Gasteiger partial charge in [-0.05, 0) is 93.2 Å². The molecule has 3 aliphatic carbocycles. The molecule has 34 heavy (non-hydrogen) atoms. The molecule has 2 aromatic carbocycles. The summed E-state index contributed by atoms with van der Waals surface area (Å²) in [6, 6.07) is 11.0. The van der Waals surface area contributed by atoms with E-state index in [0.717, 1.165) is 79.4 Å². The zero-order valence-electron chi connectivity index (χ0n) is 20.3. The SMILES string of the molecule is CC(C)(C(=O)N[N+](=O)C1(C)CC1)c1ccc(OC2CCCC2)c(-c2cccc(F)c2C2CC2)c1. The van der Waals surface area contributed by atoms with Crippen LogP contribution < -0.4 is 10.2 Å². The molecule has 0 saturated heterocycles. The molecule has 5 nitrogen and oxygen atoms in total. The van der Waals surface area contributed by atoms with Crippen molar-refractivity contribution in [2.75, 3.05) is 0 Å². The Morgan fingerprint density at radius 3 is 2.44 bits per heavy atom. The first-order chi connectivity index (χ1) is 16.2. The maximum Gasteiger partial charge on any atom is 0.288 e. The molecule has 0 bridgehead atoms. The molecule has 0 unspecified atom stereocenters. The van der Waals surface area contributed by atoms with E-state index in [1.54, 1.807) is 6.07 Å². The lowest BCUT2D eigenvalue weighted by Crippen LogP contribution is -2.47. The third kappa shape index (κ3) is 4.35. The molecular weight excluding hydrogens is 431 g/mol. The lowest BCUT2D eigenvalue weighted by molar-refractivity contribution is -0.639. The zero-order chi connectivity index (χ0) is 24.1. The molecule has 3 aliphatic rings. The third-order valence-electron chi connectivity index (χ3n) is 7.86. The first-order valence-electron chi connectivity index (χ1n) is 12.6. The van der Waals surface area contributed by atoms with Gasteiger partial charge in [0, 0.05) is 25.3 Å². The molecular formula is C28H34FN2O3+.